The van der Waals surface area contributed by atoms with Crippen molar-refractivity contribution in [2.45, 2.75) is 38.1 Å². The molecule has 0 radical (unpaired) electrons. The van der Waals surface area contributed by atoms with E-state index in [1.807, 2.05) is 0 Å². The first-order valence-corrected chi connectivity index (χ1v) is 8.92. The maximum atomic E-state index is 11.9. The number of carbonyl (C=O) groups excluding carboxylic acids is 2. The molecule has 0 heterocycles. The Labute approximate surface area is 162 Å². The predicted octanol–water partition coefficient (Wildman–Crippen LogP) is 2.36. The third-order valence-electron chi connectivity index (χ3n) is 4.44. The van der Waals surface area contributed by atoms with Gasteiger partial charge in [0.15, 0.2) is 23.0 Å². The van der Waals surface area contributed by atoms with Crippen LogP contribution in [0.2, 0.25) is 0 Å². The van der Waals surface area contributed by atoms with Crippen molar-refractivity contribution in [3.8, 4) is 23.0 Å². The Morgan fingerprint density at radius 1 is 0.786 bits per heavy atom. The van der Waals surface area contributed by atoms with E-state index in [4.69, 9.17) is 21.1 Å². The van der Waals surface area contributed by atoms with Crippen LogP contribution in [0.5, 0.6) is 23.0 Å². The van der Waals surface area contributed by atoms with E-state index < -0.39 is 5.91 Å². The van der Waals surface area contributed by atoms with E-state index in [2.05, 4.69) is 5.32 Å². The molecule has 8 heteroatoms. The van der Waals surface area contributed by atoms with Crippen molar-refractivity contribution >= 4 is 11.8 Å². The summed E-state index contributed by atoms with van der Waals surface area (Å²) in [4.78, 5) is 22.4. The SMILES string of the molecule is NC(=O)c1ccc(O)c(O)c1.O=C(NC1CCCCC1)c1ccc(O)c(O)c1. The van der Waals surface area contributed by atoms with Crippen molar-refractivity contribution < 1.29 is 30.0 Å². The number of rotatable bonds is 3. The summed E-state index contributed by atoms with van der Waals surface area (Å²) in [7, 11) is 0. The Hall–Kier alpha value is -3.42. The minimum absolute atomic E-state index is 0.167. The smallest absolute Gasteiger partial charge is 0.251 e. The number of nitrogens with one attached hydrogen (secondary N) is 1. The average Bonchev–Trinajstić information content (AvgIpc) is 2.67. The number of primary amides is 1. The summed E-state index contributed by atoms with van der Waals surface area (Å²) >= 11 is 0. The van der Waals surface area contributed by atoms with Crippen molar-refractivity contribution in [3.05, 3.63) is 47.5 Å². The van der Waals surface area contributed by atoms with E-state index >= 15 is 0 Å². The third kappa shape index (κ3) is 5.80. The van der Waals surface area contributed by atoms with Gasteiger partial charge < -0.3 is 31.5 Å². The Balaban J connectivity index is 0.000000221. The second-order valence-corrected chi connectivity index (χ2v) is 6.58. The van der Waals surface area contributed by atoms with Gasteiger partial charge in [-0.15, -0.1) is 0 Å². The third-order valence-corrected chi connectivity index (χ3v) is 4.44. The lowest BCUT2D eigenvalue weighted by molar-refractivity contribution is 0.0926. The van der Waals surface area contributed by atoms with Crippen LogP contribution < -0.4 is 11.1 Å². The molecule has 1 fully saturated rings. The lowest BCUT2D eigenvalue weighted by atomic mass is 9.95. The number of hydrogen-bond acceptors (Lipinski definition) is 6. The van der Waals surface area contributed by atoms with Gasteiger partial charge in [-0.1, -0.05) is 19.3 Å². The van der Waals surface area contributed by atoms with Gasteiger partial charge in [0.2, 0.25) is 5.91 Å². The molecule has 2 aromatic rings. The summed E-state index contributed by atoms with van der Waals surface area (Å²) in [5, 5.41) is 39.2. The van der Waals surface area contributed by atoms with Crippen LogP contribution in [0.25, 0.3) is 0 Å². The summed E-state index contributed by atoms with van der Waals surface area (Å²) in [6.07, 6.45) is 5.61. The highest BCUT2D eigenvalue weighted by Gasteiger charge is 2.17. The zero-order valence-electron chi connectivity index (χ0n) is 15.3. The van der Waals surface area contributed by atoms with Crippen LogP contribution in [0.3, 0.4) is 0 Å². The minimum atomic E-state index is -0.639. The van der Waals surface area contributed by atoms with E-state index in [1.165, 1.54) is 36.8 Å². The lowest BCUT2D eigenvalue weighted by Crippen LogP contribution is -2.36. The molecular weight excluding hydrogens is 364 g/mol. The van der Waals surface area contributed by atoms with Gasteiger partial charge in [-0.05, 0) is 49.2 Å². The van der Waals surface area contributed by atoms with Crippen LogP contribution in [0.1, 0.15) is 52.8 Å². The summed E-state index contributed by atoms with van der Waals surface area (Å²) in [6.45, 7) is 0. The van der Waals surface area contributed by atoms with Crippen LogP contribution in [0.4, 0.5) is 0 Å². The molecule has 0 unspecified atom stereocenters. The molecular formula is C20H24N2O6. The van der Waals surface area contributed by atoms with Gasteiger partial charge in [0.05, 0.1) is 0 Å². The molecule has 0 aromatic heterocycles. The highest BCUT2D eigenvalue weighted by Crippen LogP contribution is 2.25. The second kappa shape index (κ2) is 9.50. The summed E-state index contributed by atoms with van der Waals surface area (Å²) < 4.78 is 0. The van der Waals surface area contributed by atoms with E-state index in [9.17, 15) is 14.7 Å². The van der Waals surface area contributed by atoms with E-state index in [0.717, 1.165) is 31.7 Å². The molecule has 150 valence electrons. The number of nitrogens with two attached hydrogens (primary N) is 1. The number of phenolic OH excluding ortho intramolecular Hbond substituents is 4. The first kappa shape index (κ1) is 20.9. The van der Waals surface area contributed by atoms with Crippen molar-refractivity contribution in [2.75, 3.05) is 0 Å². The molecule has 7 N–H and O–H groups in total. The number of benzene rings is 2. The quantitative estimate of drug-likeness (QED) is 0.444. The molecule has 0 atom stereocenters. The van der Waals surface area contributed by atoms with E-state index in [1.54, 1.807) is 0 Å². The fourth-order valence-corrected chi connectivity index (χ4v) is 2.86. The number of hydrogen-bond donors (Lipinski definition) is 6. The Kier molecular flexibility index (Phi) is 7.08. The molecule has 2 amide bonds. The molecule has 0 saturated heterocycles. The van der Waals surface area contributed by atoms with Crippen molar-refractivity contribution in [2.24, 2.45) is 5.73 Å². The fourth-order valence-electron chi connectivity index (χ4n) is 2.86. The monoisotopic (exact) mass is 388 g/mol. The topological polar surface area (TPSA) is 153 Å². The van der Waals surface area contributed by atoms with E-state index in [-0.39, 0.29) is 40.5 Å². The lowest BCUT2D eigenvalue weighted by Gasteiger charge is -2.22. The first-order chi connectivity index (χ1) is 13.3. The van der Waals surface area contributed by atoms with E-state index in [0.29, 0.717) is 5.56 Å². The van der Waals surface area contributed by atoms with Crippen LogP contribution >= 0.6 is 0 Å². The van der Waals surface area contributed by atoms with Gasteiger partial charge in [-0.3, -0.25) is 9.59 Å². The number of phenols is 4. The molecule has 28 heavy (non-hydrogen) atoms. The standard InChI is InChI=1S/C13H17NO3.C7H7NO3/c15-11-7-6-9(8-12(11)16)13(17)14-10-4-2-1-3-5-10;8-7(11)4-1-2-5(9)6(10)3-4/h6-8,10,15-16H,1-5H2,(H,14,17);1-3,9-10H,(H2,8,11). The van der Waals surface area contributed by atoms with Gasteiger partial charge in [0, 0.05) is 17.2 Å². The molecule has 3 rings (SSSR count). The first-order valence-electron chi connectivity index (χ1n) is 8.92. The van der Waals surface area contributed by atoms with Gasteiger partial charge in [-0.2, -0.15) is 0 Å². The van der Waals surface area contributed by atoms with Crippen molar-refractivity contribution in [1.29, 1.82) is 0 Å². The zero-order chi connectivity index (χ0) is 20.7. The molecule has 8 nitrogen and oxygen atoms in total. The van der Waals surface area contributed by atoms with Crippen LogP contribution in [0, 0.1) is 0 Å². The Morgan fingerprint density at radius 2 is 1.29 bits per heavy atom. The van der Waals surface area contributed by atoms with Gasteiger partial charge in [0.1, 0.15) is 0 Å². The maximum Gasteiger partial charge on any atom is 0.251 e. The summed E-state index contributed by atoms with van der Waals surface area (Å²) in [5.74, 6) is -1.91. The number of carbonyl (C=O) groups is 2. The second-order valence-electron chi connectivity index (χ2n) is 6.58. The summed E-state index contributed by atoms with van der Waals surface area (Å²) in [5.41, 5.74) is 5.45. The van der Waals surface area contributed by atoms with Crippen molar-refractivity contribution in [1.82, 2.24) is 5.32 Å². The molecule has 0 aliphatic heterocycles. The van der Waals surface area contributed by atoms with Crippen LogP contribution in [-0.4, -0.2) is 38.3 Å². The Bertz CT molecular complexity index is 847. The Morgan fingerprint density at radius 3 is 1.79 bits per heavy atom. The average molecular weight is 388 g/mol. The molecule has 2 aromatic carbocycles. The maximum absolute atomic E-state index is 11.9. The molecule has 1 aliphatic rings. The molecule has 1 aliphatic carbocycles. The highest BCUT2D eigenvalue weighted by molar-refractivity contribution is 5.95. The number of amides is 2. The van der Waals surface area contributed by atoms with Gasteiger partial charge in [0.25, 0.3) is 5.91 Å². The zero-order valence-corrected chi connectivity index (χ0v) is 15.3. The van der Waals surface area contributed by atoms with Gasteiger partial charge >= 0.3 is 0 Å². The van der Waals surface area contributed by atoms with Crippen LogP contribution in [-0.2, 0) is 0 Å². The minimum Gasteiger partial charge on any atom is -0.504 e. The largest absolute Gasteiger partial charge is 0.504 e. The molecule has 0 bridgehead atoms. The molecule has 0 spiro atoms. The molecule has 1 saturated carbocycles. The fraction of sp³-hybridized carbons (Fsp3) is 0.300. The van der Waals surface area contributed by atoms with Crippen molar-refractivity contribution in [3.63, 3.8) is 0 Å². The summed E-state index contributed by atoms with van der Waals surface area (Å²) in [6, 6.07) is 8.00. The highest BCUT2D eigenvalue weighted by atomic mass is 16.3. The normalized spacial score (nSPS) is 13.9. The van der Waals surface area contributed by atoms with Gasteiger partial charge in [-0.25, -0.2) is 0 Å². The predicted molar refractivity (Wildman–Crippen MR) is 102 cm³/mol. The number of aromatic hydroxyl groups is 4. The van der Waals surface area contributed by atoms with Crippen LogP contribution in [0.15, 0.2) is 36.4 Å².